The highest BCUT2D eigenvalue weighted by Crippen LogP contribution is 2.31. The smallest absolute Gasteiger partial charge is 0.260 e. The average Bonchev–Trinajstić information content (AvgIpc) is 3.02. The number of fused-ring (bicyclic) bond motifs is 2. The molecule has 4 rings (SSSR count). The van der Waals surface area contributed by atoms with Crippen LogP contribution in [0.1, 0.15) is 0 Å². The fourth-order valence-electron chi connectivity index (χ4n) is 2.91. The Bertz CT molecular complexity index is 1070. The fourth-order valence-corrected chi connectivity index (χ4v) is 2.91. The minimum Gasteiger partial charge on any atom is -0.395 e. The number of nitrogens with one attached hydrogen (secondary N) is 1. The summed E-state index contributed by atoms with van der Waals surface area (Å²) in [7, 11) is 0. The number of aromatic nitrogens is 4. The minimum atomic E-state index is -0.149. The highest BCUT2D eigenvalue weighted by Gasteiger charge is 2.13. The first-order valence-corrected chi connectivity index (χ1v) is 7.30. The summed E-state index contributed by atoms with van der Waals surface area (Å²) in [4.78, 5) is 24.0. The Hall–Kier alpha value is -2.99. The normalized spacial score (nSPS) is 11.3. The van der Waals surface area contributed by atoms with Crippen LogP contribution in [0.2, 0.25) is 0 Å². The van der Waals surface area contributed by atoms with Crippen LogP contribution >= 0.6 is 0 Å². The molecule has 4 aromatic heterocycles. The number of H-pyrrole nitrogens is 1. The van der Waals surface area contributed by atoms with Crippen LogP contribution in [0.3, 0.4) is 0 Å². The maximum atomic E-state index is 12.5. The number of aliphatic hydroxyl groups excluding tert-OH is 1. The summed E-state index contributed by atoms with van der Waals surface area (Å²) in [5.41, 5.74) is 2.53. The lowest BCUT2D eigenvalue weighted by Crippen LogP contribution is -2.21. The average molecular weight is 306 g/mol. The first kappa shape index (κ1) is 13.7. The first-order valence-electron chi connectivity index (χ1n) is 7.30. The van der Waals surface area contributed by atoms with Crippen molar-refractivity contribution in [3.8, 4) is 11.1 Å². The van der Waals surface area contributed by atoms with E-state index >= 15 is 0 Å². The second kappa shape index (κ2) is 5.33. The van der Waals surface area contributed by atoms with Crippen molar-refractivity contribution in [3.05, 3.63) is 59.5 Å². The quantitative estimate of drug-likeness (QED) is 0.606. The van der Waals surface area contributed by atoms with Crippen molar-refractivity contribution in [2.24, 2.45) is 0 Å². The highest BCUT2D eigenvalue weighted by molar-refractivity contribution is 6.03. The molecule has 0 aromatic carbocycles. The second-order valence-electron chi connectivity index (χ2n) is 5.29. The van der Waals surface area contributed by atoms with Gasteiger partial charge in [0.05, 0.1) is 12.0 Å². The van der Waals surface area contributed by atoms with Gasteiger partial charge in [-0.05, 0) is 23.6 Å². The maximum Gasteiger partial charge on any atom is 0.260 e. The van der Waals surface area contributed by atoms with Gasteiger partial charge in [0.1, 0.15) is 5.65 Å². The lowest BCUT2D eigenvalue weighted by Gasteiger charge is -2.10. The van der Waals surface area contributed by atoms with Crippen LogP contribution in [0.4, 0.5) is 0 Å². The number of nitrogens with zero attached hydrogens (tertiary/aromatic N) is 3. The third kappa shape index (κ3) is 2.11. The summed E-state index contributed by atoms with van der Waals surface area (Å²) in [6.07, 6.45) is 8.66. The van der Waals surface area contributed by atoms with Crippen molar-refractivity contribution in [3.63, 3.8) is 0 Å². The molecule has 114 valence electrons. The van der Waals surface area contributed by atoms with Crippen LogP contribution in [0.15, 0.2) is 54.0 Å². The van der Waals surface area contributed by atoms with E-state index in [2.05, 4.69) is 15.0 Å². The van der Waals surface area contributed by atoms with E-state index in [4.69, 9.17) is 0 Å². The molecule has 0 aliphatic rings. The predicted octanol–water partition coefficient (Wildman–Crippen LogP) is 1.93. The Kier molecular flexibility index (Phi) is 3.17. The SMILES string of the molecule is O=c1c2cnccc2c(-c2c[nH]c3ncccc23)cn1CCO. The molecule has 0 aliphatic heterocycles. The van der Waals surface area contributed by atoms with Crippen molar-refractivity contribution in [1.82, 2.24) is 19.5 Å². The number of pyridine rings is 3. The monoisotopic (exact) mass is 306 g/mol. The van der Waals surface area contributed by atoms with Crippen molar-refractivity contribution < 1.29 is 5.11 Å². The molecule has 23 heavy (non-hydrogen) atoms. The van der Waals surface area contributed by atoms with Crippen molar-refractivity contribution in [2.75, 3.05) is 6.61 Å². The summed E-state index contributed by atoms with van der Waals surface area (Å²) in [6, 6.07) is 5.71. The largest absolute Gasteiger partial charge is 0.395 e. The standard InChI is InChI=1S/C17H14N4O2/c22-7-6-21-10-15(11-3-5-18-8-14(11)17(21)23)13-9-20-16-12(13)2-1-4-19-16/h1-5,8-10,22H,6-7H2,(H,19,20). The fraction of sp³-hybridized carbons (Fsp3) is 0.118. The maximum absolute atomic E-state index is 12.5. The van der Waals surface area contributed by atoms with E-state index in [1.807, 2.05) is 24.4 Å². The number of hydrogen-bond donors (Lipinski definition) is 2. The highest BCUT2D eigenvalue weighted by atomic mass is 16.3. The summed E-state index contributed by atoms with van der Waals surface area (Å²) in [5.74, 6) is 0. The van der Waals surface area contributed by atoms with Crippen molar-refractivity contribution in [1.29, 1.82) is 0 Å². The Labute approximate surface area is 131 Å². The Morgan fingerprint density at radius 1 is 1.13 bits per heavy atom. The predicted molar refractivity (Wildman–Crippen MR) is 88.2 cm³/mol. The van der Waals surface area contributed by atoms with Crippen LogP contribution < -0.4 is 5.56 Å². The summed E-state index contributed by atoms with van der Waals surface area (Å²) >= 11 is 0. The van der Waals surface area contributed by atoms with Gasteiger partial charge in [-0.3, -0.25) is 9.78 Å². The second-order valence-corrected chi connectivity index (χ2v) is 5.29. The topological polar surface area (TPSA) is 83.8 Å². The number of aromatic amines is 1. The van der Waals surface area contributed by atoms with Crippen LogP contribution in [0.25, 0.3) is 32.9 Å². The van der Waals surface area contributed by atoms with E-state index in [0.717, 1.165) is 27.5 Å². The molecule has 0 unspecified atom stereocenters. The van der Waals surface area contributed by atoms with Gasteiger partial charge < -0.3 is 14.7 Å². The molecule has 0 amide bonds. The molecule has 0 saturated carbocycles. The molecule has 4 aromatic rings. The molecule has 6 nitrogen and oxygen atoms in total. The van der Waals surface area contributed by atoms with Crippen LogP contribution in [0.5, 0.6) is 0 Å². The molecule has 0 bridgehead atoms. The molecular weight excluding hydrogens is 292 g/mol. The Balaban J connectivity index is 2.10. The van der Waals surface area contributed by atoms with Gasteiger partial charge in [0.15, 0.2) is 0 Å². The lowest BCUT2D eigenvalue weighted by molar-refractivity contribution is 0.274. The van der Waals surface area contributed by atoms with Crippen LogP contribution in [0, 0.1) is 0 Å². The zero-order chi connectivity index (χ0) is 15.8. The van der Waals surface area contributed by atoms with Crippen LogP contribution in [-0.2, 0) is 6.54 Å². The number of hydrogen-bond acceptors (Lipinski definition) is 4. The molecule has 0 radical (unpaired) electrons. The summed E-state index contributed by atoms with van der Waals surface area (Å²) in [6.45, 7) is 0.151. The zero-order valence-corrected chi connectivity index (χ0v) is 12.2. The van der Waals surface area contributed by atoms with Crippen LogP contribution in [-0.4, -0.2) is 31.2 Å². The van der Waals surface area contributed by atoms with E-state index < -0.39 is 0 Å². The summed E-state index contributed by atoms with van der Waals surface area (Å²) < 4.78 is 1.52. The van der Waals surface area contributed by atoms with Gasteiger partial charge in [0, 0.05) is 54.0 Å². The van der Waals surface area contributed by atoms with Crippen molar-refractivity contribution in [2.45, 2.75) is 6.54 Å². The van der Waals surface area contributed by atoms with Gasteiger partial charge in [-0.1, -0.05) is 0 Å². The van der Waals surface area contributed by atoms with Gasteiger partial charge in [-0.2, -0.15) is 0 Å². The zero-order valence-electron chi connectivity index (χ0n) is 12.2. The van der Waals surface area contributed by atoms with Crippen molar-refractivity contribution >= 4 is 21.8 Å². The number of rotatable bonds is 3. The Morgan fingerprint density at radius 3 is 2.91 bits per heavy atom. The van der Waals surface area contributed by atoms with Gasteiger partial charge >= 0.3 is 0 Å². The van der Waals surface area contributed by atoms with E-state index in [-0.39, 0.29) is 18.7 Å². The molecule has 0 fully saturated rings. The first-order chi connectivity index (χ1) is 11.3. The number of aliphatic hydroxyl groups is 1. The molecule has 0 aliphatic carbocycles. The Morgan fingerprint density at radius 2 is 2.04 bits per heavy atom. The molecule has 0 atom stereocenters. The molecule has 0 saturated heterocycles. The summed E-state index contributed by atoms with van der Waals surface area (Å²) in [5, 5.41) is 11.6. The minimum absolute atomic E-state index is 0.0967. The molecule has 4 heterocycles. The lowest BCUT2D eigenvalue weighted by atomic mass is 10.0. The molecular formula is C17H14N4O2. The van der Waals surface area contributed by atoms with E-state index in [9.17, 15) is 9.90 Å². The van der Waals surface area contributed by atoms with E-state index in [1.54, 1.807) is 24.8 Å². The molecule has 2 N–H and O–H groups in total. The van der Waals surface area contributed by atoms with Gasteiger partial charge in [0.2, 0.25) is 0 Å². The molecule has 6 heteroatoms. The third-order valence-electron chi connectivity index (χ3n) is 3.97. The van der Waals surface area contributed by atoms with Gasteiger partial charge in [-0.25, -0.2) is 4.98 Å². The third-order valence-corrected chi connectivity index (χ3v) is 3.97. The van der Waals surface area contributed by atoms with Gasteiger partial charge in [-0.15, -0.1) is 0 Å². The van der Waals surface area contributed by atoms with E-state index in [1.165, 1.54) is 4.57 Å². The van der Waals surface area contributed by atoms with E-state index in [0.29, 0.717) is 5.39 Å². The molecule has 0 spiro atoms. The van der Waals surface area contributed by atoms with Gasteiger partial charge in [0.25, 0.3) is 5.56 Å².